The molecule has 3 nitrogen and oxygen atoms in total. The number of aromatic nitrogens is 2. The first-order chi connectivity index (χ1) is 7.88. The maximum absolute atomic E-state index is 11.1. The molecule has 0 atom stereocenters. The molecule has 0 radical (unpaired) electrons. The van der Waals surface area contributed by atoms with E-state index in [4.69, 9.17) is 0 Å². The van der Waals surface area contributed by atoms with E-state index in [0.717, 1.165) is 5.69 Å². The minimum atomic E-state index is -1.99. The van der Waals surface area contributed by atoms with Crippen LogP contribution in [0.2, 0.25) is 14.8 Å². The Balaban J connectivity index is 2.49. The second kappa shape index (κ2) is 4.37. The molecule has 0 saturated carbocycles. The van der Waals surface area contributed by atoms with Gasteiger partial charge < -0.3 is 0 Å². The summed E-state index contributed by atoms with van der Waals surface area (Å²) in [6.07, 6.45) is 1.77. The minimum absolute atomic E-state index is 0.0662. The van der Waals surface area contributed by atoms with E-state index in [1.807, 2.05) is 0 Å². The Morgan fingerprint density at radius 3 is 2.35 bits per heavy atom. The molecule has 1 N–H and O–H groups in total. The zero-order valence-corrected chi connectivity index (χ0v) is 13.6. The molecule has 0 fully saturated rings. The Bertz CT molecular complexity index is 590. The van der Waals surface area contributed by atoms with Gasteiger partial charge in [0.1, 0.15) is 0 Å². The zero-order valence-electron chi connectivity index (χ0n) is 10.7. The van der Waals surface area contributed by atoms with Crippen molar-refractivity contribution in [2.75, 3.05) is 0 Å². The molecule has 0 unspecified atom stereocenters. The van der Waals surface area contributed by atoms with E-state index < -0.39 is 18.4 Å². The summed E-state index contributed by atoms with van der Waals surface area (Å²) >= 11 is -1.99. The standard InChI is InChI=1S/C10H9N2O.3CH3.Sn/c1-8-4-2-3-5-9(8)12-7-6-10(13)11-12;;;;/h3-7H,1H3,(H,11,13);3*1H3;. The summed E-state index contributed by atoms with van der Waals surface area (Å²) in [6.45, 7) is 2.09. The Morgan fingerprint density at radius 2 is 1.88 bits per heavy atom. The monoisotopic (exact) mass is 338 g/mol. The van der Waals surface area contributed by atoms with Gasteiger partial charge >= 0.3 is 106 Å². The number of aryl methyl sites for hydroxylation is 1. The molecule has 0 spiro atoms. The van der Waals surface area contributed by atoms with E-state index in [9.17, 15) is 4.79 Å². The number of hydrogen-bond acceptors (Lipinski definition) is 1. The van der Waals surface area contributed by atoms with Gasteiger partial charge in [-0.3, -0.25) is 0 Å². The molecular formula is C13H18N2OSn. The summed E-state index contributed by atoms with van der Waals surface area (Å²) in [5.41, 5.74) is 2.19. The van der Waals surface area contributed by atoms with Crippen molar-refractivity contribution in [2.24, 2.45) is 0 Å². The average molecular weight is 337 g/mol. The van der Waals surface area contributed by atoms with Crippen molar-refractivity contribution in [3.8, 4) is 5.69 Å². The van der Waals surface area contributed by atoms with Gasteiger partial charge in [0.15, 0.2) is 0 Å². The quantitative estimate of drug-likeness (QED) is 0.837. The van der Waals surface area contributed by atoms with Crippen LogP contribution in [0.1, 0.15) is 5.56 Å². The fourth-order valence-corrected chi connectivity index (χ4v) is 5.39. The van der Waals surface area contributed by atoms with Crippen molar-refractivity contribution in [3.05, 3.63) is 46.4 Å². The van der Waals surface area contributed by atoms with Crippen molar-refractivity contribution in [2.45, 2.75) is 21.7 Å². The van der Waals surface area contributed by atoms with Gasteiger partial charge in [0.25, 0.3) is 0 Å². The average Bonchev–Trinajstić information content (AvgIpc) is 2.63. The van der Waals surface area contributed by atoms with Crippen LogP contribution in [0.5, 0.6) is 0 Å². The summed E-state index contributed by atoms with van der Waals surface area (Å²) in [4.78, 5) is 18.3. The fraction of sp³-hybridized carbons (Fsp3) is 0.308. The Hall–Kier alpha value is -0.971. The van der Waals surface area contributed by atoms with Gasteiger partial charge in [-0.15, -0.1) is 0 Å². The second-order valence-corrected chi connectivity index (χ2v) is 19.9. The molecule has 17 heavy (non-hydrogen) atoms. The van der Waals surface area contributed by atoms with Gasteiger partial charge in [-0.05, 0) is 0 Å². The van der Waals surface area contributed by atoms with Crippen LogP contribution in [0.3, 0.4) is 0 Å². The van der Waals surface area contributed by atoms with Crippen molar-refractivity contribution in [1.29, 1.82) is 0 Å². The molecule has 0 aliphatic carbocycles. The van der Waals surface area contributed by atoms with E-state index in [2.05, 4.69) is 45.0 Å². The molecule has 0 aliphatic heterocycles. The van der Waals surface area contributed by atoms with Crippen LogP contribution in [0, 0.1) is 6.92 Å². The van der Waals surface area contributed by atoms with Crippen LogP contribution in [0.4, 0.5) is 0 Å². The van der Waals surface area contributed by atoms with Crippen LogP contribution in [0.25, 0.3) is 5.69 Å². The molecule has 0 saturated heterocycles. The van der Waals surface area contributed by atoms with Gasteiger partial charge in [-0.1, -0.05) is 0 Å². The Kier molecular flexibility index (Phi) is 3.21. The van der Waals surface area contributed by atoms with Crippen molar-refractivity contribution < 1.29 is 0 Å². The molecule has 0 bridgehead atoms. The molecule has 1 aromatic heterocycles. The summed E-state index contributed by atoms with van der Waals surface area (Å²) in [7, 11) is 0. The third kappa shape index (κ3) is 2.65. The second-order valence-electron chi connectivity index (χ2n) is 5.41. The molecule has 90 valence electrons. The van der Waals surface area contributed by atoms with Crippen molar-refractivity contribution >= 4 is 22.0 Å². The zero-order chi connectivity index (χ0) is 12.6. The van der Waals surface area contributed by atoms with Gasteiger partial charge in [0, 0.05) is 0 Å². The first-order valence-corrected chi connectivity index (χ1v) is 15.8. The van der Waals surface area contributed by atoms with Gasteiger partial charge in [-0.2, -0.15) is 0 Å². The molecule has 0 amide bonds. The van der Waals surface area contributed by atoms with Crippen LogP contribution >= 0.6 is 0 Å². The summed E-state index contributed by atoms with van der Waals surface area (Å²) in [5.74, 6) is 0. The topological polar surface area (TPSA) is 37.8 Å². The fourth-order valence-electron chi connectivity index (χ4n) is 1.87. The van der Waals surface area contributed by atoms with Crippen molar-refractivity contribution in [3.63, 3.8) is 0 Å². The summed E-state index contributed by atoms with van der Waals surface area (Å²) in [5, 5.41) is 2.77. The predicted molar refractivity (Wildman–Crippen MR) is 74.1 cm³/mol. The van der Waals surface area contributed by atoms with Crippen LogP contribution in [-0.2, 0) is 0 Å². The number of nitrogens with zero attached hydrogens (tertiary/aromatic N) is 1. The molecule has 4 heteroatoms. The predicted octanol–water partition coefficient (Wildman–Crippen LogP) is 2.02. The van der Waals surface area contributed by atoms with Gasteiger partial charge in [-0.25, -0.2) is 0 Å². The van der Waals surface area contributed by atoms with Crippen LogP contribution < -0.4 is 9.14 Å². The van der Waals surface area contributed by atoms with Crippen LogP contribution in [0.15, 0.2) is 35.3 Å². The summed E-state index contributed by atoms with van der Waals surface area (Å²) in [6, 6.07) is 8.11. The van der Waals surface area contributed by atoms with E-state index in [-0.39, 0.29) is 5.56 Å². The normalized spacial score (nSPS) is 11.8. The third-order valence-electron chi connectivity index (χ3n) is 2.93. The van der Waals surface area contributed by atoms with E-state index >= 15 is 0 Å². The van der Waals surface area contributed by atoms with E-state index in [1.54, 1.807) is 10.9 Å². The van der Waals surface area contributed by atoms with E-state index in [1.165, 1.54) is 15.2 Å². The molecule has 2 aromatic rings. The third-order valence-corrected chi connectivity index (χ3v) is 8.76. The molecule has 1 heterocycles. The number of benzene rings is 1. The molecule has 0 aliphatic rings. The van der Waals surface area contributed by atoms with Crippen molar-refractivity contribution in [1.82, 2.24) is 9.78 Å². The number of rotatable bonds is 2. The van der Waals surface area contributed by atoms with Gasteiger partial charge in [0.2, 0.25) is 0 Å². The molecule has 1 aromatic carbocycles. The number of nitrogens with one attached hydrogen (secondary N) is 1. The maximum atomic E-state index is 11.1. The molecular weight excluding hydrogens is 319 g/mol. The Morgan fingerprint density at radius 1 is 1.18 bits per heavy atom. The van der Waals surface area contributed by atoms with Crippen LogP contribution in [-0.4, -0.2) is 28.2 Å². The summed E-state index contributed by atoms with van der Waals surface area (Å²) < 4.78 is 3.29. The number of aromatic amines is 1. The molecule has 2 rings (SSSR count). The van der Waals surface area contributed by atoms with Gasteiger partial charge in [0.05, 0.1) is 0 Å². The SMILES string of the molecule is Cc1c[c]([Sn]([CH3])([CH3])[CH3])ccc1-n1ccc(=O)[nH]1. The number of H-pyrrole nitrogens is 1. The first-order valence-electron chi connectivity index (χ1n) is 5.77. The Labute approximate surface area is 105 Å². The van der Waals surface area contributed by atoms with E-state index in [0.29, 0.717) is 0 Å². The first kappa shape index (κ1) is 12.5. The number of hydrogen-bond donors (Lipinski definition) is 1.